The first-order valence-corrected chi connectivity index (χ1v) is 10.6. The molecule has 1 aliphatic heterocycles. The number of halogens is 4. The van der Waals surface area contributed by atoms with Gasteiger partial charge in [0.2, 0.25) is 11.8 Å². The van der Waals surface area contributed by atoms with Crippen LogP contribution >= 0.6 is 11.6 Å². The molecule has 1 aromatic heterocycles. The van der Waals surface area contributed by atoms with E-state index in [1.54, 1.807) is 29.2 Å². The molecule has 1 fully saturated rings. The van der Waals surface area contributed by atoms with Crippen molar-refractivity contribution in [3.05, 3.63) is 58.7 Å². The molecule has 2 aromatic rings. The number of aromatic nitrogens is 1. The monoisotopic (exact) mass is 468 g/mol. The second-order valence-corrected chi connectivity index (χ2v) is 8.07. The average molecular weight is 469 g/mol. The van der Waals surface area contributed by atoms with E-state index >= 15 is 0 Å². The number of nitrogens with zero attached hydrogens (tertiary/aromatic N) is 3. The van der Waals surface area contributed by atoms with Gasteiger partial charge in [-0.05, 0) is 36.2 Å². The third-order valence-electron chi connectivity index (χ3n) is 5.28. The summed E-state index contributed by atoms with van der Waals surface area (Å²) in [6, 6.07) is 8.85. The molecule has 1 atom stereocenters. The van der Waals surface area contributed by atoms with Crippen molar-refractivity contribution in [1.29, 1.82) is 0 Å². The number of alkyl halides is 3. The van der Waals surface area contributed by atoms with Crippen molar-refractivity contribution >= 4 is 29.2 Å². The molecule has 0 aliphatic carbocycles. The van der Waals surface area contributed by atoms with Gasteiger partial charge in [0.1, 0.15) is 5.82 Å². The van der Waals surface area contributed by atoms with Gasteiger partial charge in [-0.3, -0.25) is 9.59 Å². The number of carbonyl (C=O) groups excluding carboxylic acids is 2. The van der Waals surface area contributed by atoms with Crippen molar-refractivity contribution in [1.82, 2.24) is 15.2 Å². The number of nitrogens with one attached hydrogen (secondary N) is 1. The van der Waals surface area contributed by atoms with Gasteiger partial charge in [0.05, 0.1) is 18.0 Å². The predicted molar refractivity (Wildman–Crippen MR) is 115 cm³/mol. The molecule has 10 heteroatoms. The molecule has 1 aromatic carbocycles. The Morgan fingerprint density at radius 1 is 1.09 bits per heavy atom. The molecule has 32 heavy (non-hydrogen) atoms. The molecule has 0 radical (unpaired) electrons. The Morgan fingerprint density at radius 2 is 1.81 bits per heavy atom. The van der Waals surface area contributed by atoms with E-state index in [1.807, 2.05) is 4.90 Å². The van der Waals surface area contributed by atoms with Crippen LogP contribution in [0.1, 0.15) is 36.9 Å². The van der Waals surface area contributed by atoms with E-state index in [2.05, 4.69) is 10.3 Å². The fourth-order valence-corrected chi connectivity index (χ4v) is 3.76. The highest BCUT2D eigenvalue weighted by Crippen LogP contribution is 2.29. The summed E-state index contributed by atoms with van der Waals surface area (Å²) in [7, 11) is 0. The van der Waals surface area contributed by atoms with Gasteiger partial charge in [-0.25, -0.2) is 4.98 Å². The highest BCUT2D eigenvalue weighted by Gasteiger charge is 2.31. The van der Waals surface area contributed by atoms with Gasteiger partial charge < -0.3 is 15.1 Å². The number of hydrogen-bond acceptors (Lipinski definition) is 4. The highest BCUT2D eigenvalue weighted by atomic mass is 35.5. The maximum absolute atomic E-state index is 13.0. The van der Waals surface area contributed by atoms with Crippen molar-refractivity contribution in [2.45, 2.75) is 32.0 Å². The molecule has 3 rings (SSSR count). The van der Waals surface area contributed by atoms with E-state index in [-0.39, 0.29) is 18.2 Å². The van der Waals surface area contributed by atoms with Crippen molar-refractivity contribution in [3.8, 4) is 0 Å². The lowest BCUT2D eigenvalue weighted by molar-refractivity contribution is -0.138. The van der Waals surface area contributed by atoms with Crippen LogP contribution in [-0.4, -0.2) is 47.9 Å². The largest absolute Gasteiger partial charge is 0.417 e. The summed E-state index contributed by atoms with van der Waals surface area (Å²) in [5.74, 6) is 0.0960. The molecule has 1 saturated heterocycles. The van der Waals surface area contributed by atoms with E-state index in [1.165, 1.54) is 13.0 Å². The molecule has 1 N–H and O–H groups in total. The normalized spacial score (nSPS) is 15.8. The fraction of sp³-hybridized carbons (Fsp3) is 0.409. The Kier molecular flexibility index (Phi) is 7.60. The number of benzene rings is 1. The number of hydrogen-bond donors (Lipinski definition) is 1. The molecule has 6 nitrogen and oxygen atoms in total. The van der Waals surface area contributed by atoms with Crippen LogP contribution in [0.2, 0.25) is 5.02 Å². The van der Waals surface area contributed by atoms with E-state index in [4.69, 9.17) is 11.6 Å². The molecule has 1 aliphatic rings. The minimum absolute atomic E-state index is 0.0970. The zero-order valence-electron chi connectivity index (χ0n) is 17.5. The van der Waals surface area contributed by atoms with E-state index in [0.717, 1.165) is 17.8 Å². The smallest absolute Gasteiger partial charge is 0.355 e. The summed E-state index contributed by atoms with van der Waals surface area (Å²) >= 11 is 5.93. The second-order valence-electron chi connectivity index (χ2n) is 7.63. The van der Waals surface area contributed by atoms with Crippen molar-refractivity contribution < 1.29 is 22.8 Å². The SMILES string of the molecule is CC(=O)NC(CC(=O)N1CCCN(c2ccc(C(F)(F)F)cn2)CC1)c1ccc(Cl)cc1. The first-order valence-electron chi connectivity index (χ1n) is 10.2. The van der Waals surface area contributed by atoms with Crippen LogP contribution in [0.15, 0.2) is 42.6 Å². The second kappa shape index (κ2) is 10.2. The summed E-state index contributed by atoms with van der Waals surface area (Å²) in [6.45, 7) is 3.36. The number of amides is 2. The first-order chi connectivity index (χ1) is 15.1. The molecule has 1 unspecified atom stereocenters. The van der Waals surface area contributed by atoms with Crippen LogP contribution in [-0.2, 0) is 15.8 Å². The first kappa shape index (κ1) is 23.8. The van der Waals surface area contributed by atoms with E-state index in [9.17, 15) is 22.8 Å². The minimum Gasteiger partial charge on any atom is -0.355 e. The number of carbonyl (C=O) groups is 2. The standard InChI is InChI=1S/C22H24ClF3N4O2/c1-15(31)28-19(16-3-6-18(23)7-4-16)13-21(32)30-10-2-9-29(11-12-30)20-8-5-17(14-27-20)22(24,25)26/h3-8,14,19H,2,9-13H2,1H3,(H,28,31). The molecule has 172 valence electrons. The van der Waals surface area contributed by atoms with Crippen LogP contribution in [0.25, 0.3) is 0 Å². The Labute approximate surface area is 189 Å². The highest BCUT2D eigenvalue weighted by molar-refractivity contribution is 6.30. The summed E-state index contributed by atoms with van der Waals surface area (Å²) in [5, 5.41) is 3.37. The van der Waals surface area contributed by atoms with Crippen LogP contribution in [0.3, 0.4) is 0 Å². The quantitative estimate of drug-likeness (QED) is 0.718. The lowest BCUT2D eigenvalue weighted by Gasteiger charge is -2.25. The third-order valence-corrected chi connectivity index (χ3v) is 5.53. The van der Waals surface area contributed by atoms with Gasteiger partial charge >= 0.3 is 6.18 Å². The van der Waals surface area contributed by atoms with Crippen molar-refractivity contribution in [3.63, 3.8) is 0 Å². The van der Waals surface area contributed by atoms with Gasteiger partial charge in [0.25, 0.3) is 0 Å². The molecule has 2 amide bonds. The number of pyridine rings is 1. The number of anilines is 1. The third kappa shape index (κ3) is 6.35. The van der Waals surface area contributed by atoms with Crippen molar-refractivity contribution in [2.75, 3.05) is 31.1 Å². The molecule has 0 spiro atoms. The maximum atomic E-state index is 13.0. The molecular weight excluding hydrogens is 445 g/mol. The topological polar surface area (TPSA) is 65.5 Å². The maximum Gasteiger partial charge on any atom is 0.417 e. The zero-order valence-corrected chi connectivity index (χ0v) is 18.3. The average Bonchev–Trinajstić information content (AvgIpc) is 2.99. The summed E-state index contributed by atoms with van der Waals surface area (Å²) in [4.78, 5) is 32.2. The Balaban J connectivity index is 1.64. The Bertz CT molecular complexity index is 936. The lowest BCUT2D eigenvalue weighted by atomic mass is 10.0. The lowest BCUT2D eigenvalue weighted by Crippen LogP contribution is -2.38. The van der Waals surface area contributed by atoms with Crippen LogP contribution < -0.4 is 10.2 Å². The Hall–Kier alpha value is -2.81. The molecule has 0 saturated carbocycles. The van der Waals surface area contributed by atoms with Gasteiger partial charge in [-0.2, -0.15) is 13.2 Å². The van der Waals surface area contributed by atoms with Gasteiger partial charge in [-0.15, -0.1) is 0 Å². The van der Waals surface area contributed by atoms with Crippen LogP contribution in [0, 0.1) is 0 Å². The number of rotatable bonds is 5. The predicted octanol–water partition coefficient (Wildman–Crippen LogP) is 4.06. The van der Waals surface area contributed by atoms with Crippen LogP contribution in [0.5, 0.6) is 0 Å². The summed E-state index contributed by atoms with van der Waals surface area (Å²) < 4.78 is 38.3. The van der Waals surface area contributed by atoms with E-state index < -0.39 is 17.8 Å². The van der Waals surface area contributed by atoms with Crippen molar-refractivity contribution in [2.24, 2.45) is 0 Å². The van der Waals surface area contributed by atoms with Gasteiger partial charge in [0.15, 0.2) is 0 Å². The molecular formula is C22H24ClF3N4O2. The fourth-order valence-electron chi connectivity index (χ4n) is 3.63. The molecule has 0 bridgehead atoms. The minimum atomic E-state index is -4.43. The Morgan fingerprint density at radius 3 is 2.41 bits per heavy atom. The van der Waals surface area contributed by atoms with Gasteiger partial charge in [-0.1, -0.05) is 23.7 Å². The zero-order chi connectivity index (χ0) is 23.3. The molecule has 2 heterocycles. The summed E-state index contributed by atoms with van der Waals surface area (Å²) in [6.07, 6.45) is -2.85. The van der Waals surface area contributed by atoms with E-state index in [0.29, 0.717) is 43.4 Å². The summed E-state index contributed by atoms with van der Waals surface area (Å²) in [5.41, 5.74) is -0.0116. The van der Waals surface area contributed by atoms with Gasteiger partial charge in [0, 0.05) is 44.3 Å². The van der Waals surface area contributed by atoms with Crippen LogP contribution in [0.4, 0.5) is 19.0 Å².